The summed E-state index contributed by atoms with van der Waals surface area (Å²) in [6.07, 6.45) is 1.68. The summed E-state index contributed by atoms with van der Waals surface area (Å²) < 4.78 is 5.35. The molecule has 1 amide bonds. The van der Waals surface area contributed by atoms with E-state index in [1.54, 1.807) is 4.90 Å². The van der Waals surface area contributed by atoms with E-state index in [9.17, 15) is 9.59 Å². The van der Waals surface area contributed by atoms with Crippen LogP contribution in [0.3, 0.4) is 0 Å². The van der Waals surface area contributed by atoms with Crippen LogP contribution < -0.4 is 0 Å². The molecule has 0 aliphatic carbocycles. The molecular formula is C13H23NO3. The summed E-state index contributed by atoms with van der Waals surface area (Å²) in [4.78, 5) is 25.6. The number of hydrogen-bond acceptors (Lipinski definition) is 3. The number of carbonyl (C=O) groups is 2. The lowest BCUT2D eigenvalue weighted by Gasteiger charge is -2.35. The van der Waals surface area contributed by atoms with Gasteiger partial charge in [0.25, 0.3) is 0 Å². The van der Waals surface area contributed by atoms with E-state index in [0.29, 0.717) is 13.0 Å². The van der Waals surface area contributed by atoms with Gasteiger partial charge < -0.3 is 4.74 Å². The summed E-state index contributed by atoms with van der Waals surface area (Å²) in [6, 6.07) is 0. The monoisotopic (exact) mass is 241 g/mol. The molecule has 1 rings (SSSR count). The van der Waals surface area contributed by atoms with Crippen LogP contribution in [-0.4, -0.2) is 34.5 Å². The summed E-state index contributed by atoms with van der Waals surface area (Å²) in [5.74, 6) is 0.112. The van der Waals surface area contributed by atoms with E-state index in [4.69, 9.17) is 4.74 Å². The third-order valence-electron chi connectivity index (χ3n) is 3.18. The third kappa shape index (κ3) is 2.99. The van der Waals surface area contributed by atoms with Crippen LogP contribution in [0.2, 0.25) is 0 Å². The van der Waals surface area contributed by atoms with Crippen LogP contribution in [-0.2, 0) is 9.53 Å². The van der Waals surface area contributed by atoms with Crippen molar-refractivity contribution in [1.29, 1.82) is 0 Å². The lowest BCUT2D eigenvalue weighted by atomic mass is 9.92. The lowest BCUT2D eigenvalue weighted by Crippen LogP contribution is -2.52. The van der Waals surface area contributed by atoms with Gasteiger partial charge in [-0.1, -0.05) is 6.92 Å². The highest BCUT2D eigenvalue weighted by Gasteiger charge is 2.45. The van der Waals surface area contributed by atoms with Crippen molar-refractivity contribution in [3.05, 3.63) is 0 Å². The molecule has 0 saturated carbocycles. The number of ether oxygens (including phenoxy) is 1. The minimum atomic E-state index is -0.670. The van der Waals surface area contributed by atoms with Gasteiger partial charge in [0.1, 0.15) is 11.1 Å². The molecule has 1 saturated heterocycles. The smallest absolute Gasteiger partial charge is 0.411 e. The average Bonchev–Trinajstić information content (AvgIpc) is 2.58. The number of Topliss-reactive ketones (excluding diaryl/α,β-unsaturated/α-hetero) is 1. The number of ketones is 1. The zero-order valence-corrected chi connectivity index (χ0v) is 11.5. The van der Waals surface area contributed by atoms with E-state index in [2.05, 4.69) is 0 Å². The normalized spacial score (nSPS) is 24.9. The first kappa shape index (κ1) is 14.0. The first-order chi connectivity index (χ1) is 7.70. The molecule has 0 spiro atoms. The topological polar surface area (TPSA) is 46.6 Å². The number of rotatable bonds is 2. The van der Waals surface area contributed by atoms with Crippen molar-refractivity contribution in [1.82, 2.24) is 4.90 Å². The van der Waals surface area contributed by atoms with Crippen molar-refractivity contribution in [2.24, 2.45) is 0 Å². The fraction of sp³-hybridized carbons (Fsp3) is 0.846. The Hall–Kier alpha value is -1.06. The third-order valence-corrected chi connectivity index (χ3v) is 3.18. The van der Waals surface area contributed by atoms with Crippen LogP contribution in [0.4, 0.5) is 4.79 Å². The molecule has 0 N–H and O–H groups in total. The Kier molecular flexibility index (Phi) is 3.84. The van der Waals surface area contributed by atoms with Gasteiger partial charge in [0.2, 0.25) is 0 Å². The van der Waals surface area contributed by atoms with Gasteiger partial charge >= 0.3 is 6.09 Å². The maximum Gasteiger partial charge on any atom is 0.411 e. The van der Waals surface area contributed by atoms with E-state index in [1.807, 2.05) is 34.6 Å². The van der Waals surface area contributed by atoms with Gasteiger partial charge in [-0.2, -0.15) is 0 Å². The van der Waals surface area contributed by atoms with E-state index in [-0.39, 0.29) is 11.9 Å². The quantitative estimate of drug-likeness (QED) is 0.746. The van der Waals surface area contributed by atoms with Gasteiger partial charge in [-0.3, -0.25) is 9.69 Å². The summed E-state index contributed by atoms with van der Waals surface area (Å²) in [5.41, 5.74) is -1.19. The van der Waals surface area contributed by atoms with Crippen molar-refractivity contribution in [2.45, 2.75) is 65.0 Å². The van der Waals surface area contributed by atoms with Crippen molar-refractivity contribution in [3.8, 4) is 0 Å². The molecule has 1 aliphatic heterocycles. The first-order valence-corrected chi connectivity index (χ1v) is 6.24. The predicted octanol–water partition coefficient (Wildman–Crippen LogP) is 2.76. The molecule has 0 unspecified atom stereocenters. The molecule has 1 fully saturated rings. The maximum absolute atomic E-state index is 12.0. The van der Waals surface area contributed by atoms with Crippen molar-refractivity contribution in [3.63, 3.8) is 0 Å². The minimum absolute atomic E-state index is 0.112. The second-order valence-corrected chi connectivity index (χ2v) is 5.79. The van der Waals surface area contributed by atoms with Gasteiger partial charge in [-0.05, 0) is 40.5 Å². The molecule has 17 heavy (non-hydrogen) atoms. The molecule has 0 aromatic carbocycles. The van der Waals surface area contributed by atoms with Crippen LogP contribution >= 0.6 is 0 Å². The van der Waals surface area contributed by atoms with Gasteiger partial charge in [0.05, 0.1) is 0 Å². The largest absolute Gasteiger partial charge is 0.444 e. The number of amides is 1. The highest BCUT2D eigenvalue weighted by molar-refractivity contribution is 5.91. The summed E-state index contributed by atoms with van der Waals surface area (Å²) in [6.45, 7) is 9.78. The standard InChI is InChI=1S/C13H23NO3/c1-6-10(15)13(5)8-7-9-14(13)11(16)17-12(2,3)4/h6-9H2,1-5H3/t13-/m0/s1. The molecule has 4 heteroatoms. The molecule has 0 bridgehead atoms. The van der Waals surface area contributed by atoms with Crippen LogP contribution in [0.15, 0.2) is 0 Å². The van der Waals surface area contributed by atoms with Crippen molar-refractivity contribution < 1.29 is 14.3 Å². The van der Waals surface area contributed by atoms with Crippen molar-refractivity contribution >= 4 is 11.9 Å². The molecular weight excluding hydrogens is 218 g/mol. The maximum atomic E-state index is 12.0. The Labute approximate surface area is 103 Å². The Morgan fingerprint density at radius 2 is 1.94 bits per heavy atom. The van der Waals surface area contributed by atoms with Crippen molar-refractivity contribution in [2.75, 3.05) is 6.54 Å². The lowest BCUT2D eigenvalue weighted by molar-refractivity contribution is -0.128. The predicted molar refractivity (Wildman–Crippen MR) is 65.9 cm³/mol. The number of carbonyl (C=O) groups excluding carboxylic acids is 2. The molecule has 0 aromatic rings. The second-order valence-electron chi connectivity index (χ2n) is 5.79. The van der Waals surface area contributed by atoms with Gasteiger partial charge in [-0.25, -0.2) is 4.79 Å². The zero-order chi connectivity index (χ0) is 13.3. The second kappa shape index (κ2) is 4.67. The van der Waals surface area contributed by atoms with Crippen LogP contribution in [0.1, 0.15) is 53.9 Å². The summed E-state index contributed by atoms with van der Waals surface area (Å²) >= 11 is 0. The zero-order valence-electron chi connectivity index (χ0n) is 11.5. The molecule has 4 nitrogen and oxygen atoms in total. The van der Waals surface area contributed by atoms with E-state index >= 15 is 0 Å². The molecule has 0 radical (unpaired) electrons. The Bertz CT molecular complexity index is 319. The van der Waals surface area contributed by atoms with E-state index in [1.165, 1.54) is 0 Å². The molecule has 1 atom stereocenters. The van der Waals surface area contributed by atoms with Gasteiger partial charge in [0.15, 0.2) is 5.78 Å². The fourth-order valence-corrected chi connectivity index (χ4v) is 2.24. The molecule has 98 valence electrons. The van der Waals surface area contributed by atoms with E-state index < -0.39 is 11.1 Å². The number of likely N-dealkylation sites (tertiary alicyclic amines) is 1. The molecule has 0 aromatic heterocycles. The van der Waals surface area contributed by atoms with Crippen LogP contribution in [0, 0.1) is 0 Å². The van der Waals surface area contributed by atoms with E-state index in [0.717, 1.165) is 12.8 Å². The molecule has 1 heterocycles. The Morgan fingerprint density at radius 3 is 2.41 bits per heavy atom. The first-order valence-electron chi connectivity index (χ1n) is 6.24. The highest BCUT2D eigenvalue weighted by Crippen LogP contribution is 2.32. The SMILES string of the molecule is CCC(=O)[C@]1(C)CCCN1C(=O)OC(C)(C)C. The van der Waals surface area contributed by atoms with Gasteiger partial charge in [0, 0.05) is 13.0 Å². The van der Waals surface area contributed by atoms with Gasteiger partial charge in [-0.15, -0.1) is 0 Å². The number of nitrogens with zero attached hydrogens (tertiary/aromatic N) is 1. The highest BCUT2D eigenvalue weighted by atomic mass is 16.6. The van der Waals surface area contributed by atoms with Crippen LogP contribution in [0.25, 0.3) is 0 Å². The minimum Gasteiger partial charge on any atom is -0.444 e. The molecule has 1 aliphatic rings. The summed E-state index contributed by atoms with van der Waals surface area (Å²) in [5, 5.41) is 0. The number of hydrogen-bond donors (Lipinski definition) is 0. The Balaban J connectivity index is 2.83. The summed E-state index contributed by atoms with van der Waals surface area (Å²) in [7, 11) is 0. The Morgan fingerprint density at radius 1 is 1.35 bits per heavy atom. The van der Waals surface area contributed by atoms with Crippen LogP contribution in [0.5, 0.6) is 0 Å². The average molecular weight is 241 g/mol. The fourth-order valence-electron chi connectivity index (χ4n) is 2.24.